The maximum Gasteiger partial charge on any atom is 0.261 e. The Bertz CT molecular complexity index is 1080. The molecule has 0 bridgehead atoms. The summed E-state index contributed by atoms with van der Waals surface area (Å²) in [5.41, 5.74) is 0.844. The normalized spacial score (nSPS) is 11.0. The number of anilines is 1. The van der Waals surface area contributed by atoms with Crippen molar-refractivity contribution in [3.63, 3.8) is 0 Å². The van der Waals surface area contributed by atoms with Crippen LogP contribution >= 0.6 is 15.9 Å². The van der Waals surface area contributed by atoms with Crippen molar-refractivity contribution in [2.45, 2.75) is 11.8 Å². The van der Waals surface area contributed by atoms with E-state index in [1.807, 2.05) is 6.92 Å². The van der Waals surface area contributed by atoms with Gasteiger partial charge < -0.3 is 10.1 Å². The Kier molecular flexibility index (Phi) is 6.50. The van der Waals surface area contributed by atoms with Gasteiger partial charge in [0.15, 0.2) is 0 Å². The van der Waals surface area contributed by atoms with Crippen molar-refractivity contribution >= 4 is 37.5 Å². The number of ether oxygens (including phenoxy) is 1. The molecule has 1 amide bonds. The van der Waals surface area contributed by atoms with Gasteiger partial charge in [-0.25, -0.2) is 13.4 Å². The molecule has 9 heteroatoms. The molecule has 1 heterocycles. The zero-order valence-corrected chi connectivity index (χ0v) is 17.8. The molecule has 0 saturated heterocycles. The highest BCUT2D eigenvalue weighted by molar-refractivity contribution is 9.10. The van der Waals surface area contributed by atoms with Crippen LogP contribution in [-0.2, 0) is 10.0 Å². The van der Waals surface area contributed by atoms with E-state index in [-0.39, 0.29) is 10.8 Å². The van der Waals surface area contributed by atoms with E-state index in [1.165, 1.54) is 18.3 Å². The molecule has 0 spiro atoms. The lowest BCUT2D eigenvalue weighted by molar-refractivity contribution is 0.0955. The maximum atomic E-state index is 12.4. The second-order valence-corrected chi connectivity index (χ2v) is 8.53. The maximum absolute atomic E-state index is 12.4. The number of aromatic nitrogens is 1. The van der Waals surface area contributed by atoms with Crippen LogP contribution in [0, 0.1) is 0 Å². The molecule has 7 nitrogen and oxygen atoms in total. The average Bonchev–Trinajstić information content (AvgIpc) is 2.70. The van der Waals surface area contributed by atoms with Crippen LogP contribution < -0.4 is 14.8 Å². The van der Waals surface area contributed by atoms with Gasteiger partial charge in [-0.3, -0.25) is 9.52 Å². The molecule has 2 N–H and O–H groups in total. The first-order valence-electron chi connectivity index (χ1n) is 8.68. The van der Waals surface area contributed by atoms with Gasteiger partial charge in [0.2, 0.25) is 5.88 Å². The van der Waals surface area contributed by atoms with Gasteiger partial charge in [-0.1, -0.05) is 15.9 Å². The number of halogens is 1. The molecule has 29 heavy (non-hydrogen) atoms. The van der Waals surface area contributed by atoms with E-state index in [0.29, 0.717) is 29.4 Å². The fraction of sp³-hybridized carbons (Fsp3) is 0.100. The van der Waals surface area contributed by atoms with E-state index in [1.54, 1.807) is 48.5 Å². The van der Waals surface area contributed by atoms with Gasteiger partial charge in [0.05, 0.1) is 10.5 Å². The van der Waals surface area contributed by atoms with Crippen molar-refractivity contribution in [2.75, 3.05) is 11.3 Å². The number of amides is 1. The molecular formula is C20H18BrN3O4S. The molecule has 3 aromatic rings. The van der Waals surface area contributed by atoms with E-state index in [4.69, 9.17) is 4.74 Å². The minimum atomic E-state index is -3.68. The van der Waals surface area contributed by atoms with Gasteiger partial charge in [0, 0.05) is 29.0 Å². The summed E-state index contributed by atoms with van der Waals surface area (Å²) in [5, 5.41) is 2.69. The minimum Gasteiger partial charge on any atom is -0.439 e. The summed E-state index contributed by atoms with van der Waals surface area (Å²) < 4.78 is 33.8. The van der Waals surface area contributed by atoms with Gasteiger partial charge in [-0.15, -0.1) is 0 Å². The molecule has 150 valence electrons. The van der Waals surface area contributed by atoms with Crippen LogP contribution in [0.25, 0.3) is 0 Å². The highest BCUT2D eigenvalue weighted by Gasteiger charge is 2.14. The van der Waals surface area contributed by atoms with Gasteiger partial charge in [0.1, 0.15) is 5.75 Å². The smallest absolute Gasteiger partial charge is 0.261 e. The lowest BCUT2D eigenvalue weighted by atomic mass is 10.2. The molecular weight excluding hydrogens is 458 g/mol. The Morgan fingerprint density at radius 1 is 1.03 bits per heavy atom. The summed E-state index contributed by atoms with van der Waals surface area (Å²) in [4.78, 5) is 16.0. The van der Waals surface area contributed by atoms with Crippen LogP contribution in [0.4, 0.5) is 5.69 Å². The molecule has 0 unspecified atom stereocenters. The van der Waals surface area contributed by atoms with Crippen LogP contribution in [0.3, 0.4) is 0 Å². The molecule has 1 aromatic heterocycles. The number of sulfonamides is 1. The van der Waals surface area contributed by atoms with Crippen LogP contribution in [0.15, 0.2) is 76.2 Å². The largest absolute Gasteiger partial charge is 0.439 e. The van der Waals surface area contributed by atoms with Crippen molar-refractivity contribution in [3.8, 4) is 11.6 Å². The molecule has 0 radical (unpaired) electrons. The Morgan fingerprint density at radius 2 is 1.72 bits per heavy atom. The number of hydrogen-bond acceptors (Lipinski definition) is 5. The second-order valence-electron chi connectivity index (χ2n) is 5.93. The number of hydrogen-bond donors (Lipinski definition) is 2. The predicted octanol–water partition coefficient (Wildman–Crippen LogP) is 4.19. The zero-order valence-electron chi connectivity index (χ0n) is 15.4. The minimum absolute atomic E-state index is 0.164. The standard InChI is InChI=1S/C20H18BrN3O4S/c1-2-22-20(25)14-3-12-19(23-13-14)28-17-8-6-16(7-9-17)24-29(26,27)18-10-4-15(21)5-11-18/h3-13,24H,2H2,1H3,(H,22,25). The monoisotopic (exact) mass is 475 g/mol. The molecule has 2 aromatic carbocycles. The van der Waals surface area contributed by atoms with E-state index in [9.17, 15) is 13.2 Å². The summed E-state index contributed by atoms with van der Waals surface area (Å²) in [5.74, 6) is 0.602. The number of carbonyl (C=O) groups is 1. The zero-order chi connectivity index (χ0) is 20.9. The number of nitrogens with zero attached hydrogens (tertiary/aromatic N) is 1. The van der Waals surface area contributed by atoms with Crippen molar-refractivity contribution in [2.24, 2.45) is 0 Å². The summed E-state index contributed by atoms with van der Waals surface area (Å²) in [6.45, 7) is 2.38. The van der Waals surface area contributed by atoms with Crippen molar-refractivity contribution < 1.29 is 17.9 Å². The average molecular weight is 476 g/mol. The lowest BCUT2D eigenvalue weighted by Crippen LogP contribution is -2.22. The summed E-state index contributed by atoms with van der Waals surface area (Å²) >= 11 is 3.28. The Morgan fingerprint density at radius 3 is 2.31 bits per heavy atom. The molecule has 0 atom stereocenters. The fourth-order valence-corrected chi connectivity index (χ4v) is 3.70. The first kappa shape index (κ1) is 20.8. The highest BCUT2D eigenvalue weighted by atomic mass is 79.9. The quantitative estimate of drug-likeness (QED) is 0.533. The Hall–Kier alpha value is -2.91. The molecule has 0 fully saturated rings. The van der Waals surface area contributed by atoms with Crippen molar-refractivity contribution in [1.82, 2.24) is 10.3 Å². The van der Waals surface area contributed by atoms with Crippen molar-refractivity contribution in [1.29, 1.82) is 0 Å². The predicted molar refractivity (Wildman–Crippen MR) is 114 cm³/mol. The van der Waals surface area contributed by atoms with Gasteiger partial charge >= 0.3 is 0 Å². The molecule has 0 aliphatic rings. The summed E-state index contributed by atoms with van der Waals surface area (Å²) in [7, 11) is -3.68. The van der Waals surface area contributed by atoms with E-state index >= 15 is 0 Å². The number of pyridine rings is 1. The second kappa shape index (κ2) is 9.06. The summed E-state index contributed by atoms with van der Waals surface area (Å²) in [6.07, 6.45) is 1.43. The molecule has 0 saturated carbocycles. The first-order valence-corrected chi connectivity index (χ1v) is 11.0. The topological polar surface area (TPSA) is 97.4 Å². The van der Waals surface area contributed by atoms with E-state index < -0.39 is 10.0 Å². The third kappa shape index (κ3) is 5.55. The number of rotatable bonds is 7. The van der Waals surface area contributed by atoms with Gasteiger partial charge in [0.25, 0.3) is 15.9 Å². The van der Waals surface area contributed by atoms with E-state index in [2.05, 4.69) is 31.0 Å². The Balaban J connectivity index is 1.65. The van der Waals surface area contributed by atoms with Gasteiger partial charge in [-0.2, -0.15) is 0 Å². The molecule has 3 rings (SSSR count). The highest BCUT2D eigenvalue weighted by Crippen LogP contribution is 2.23. The summed E-state index contributed by atoms with van der Waals surface area (Å²) in [6, 6.07) is 16.0. The fourth-order valence-electron chi connectivity index (χ4n) is 2.38. The number of carbonyl (C=O) groups excluding carboxylic acids is 1. The Labute approximate surface area is 177 Å². The van der Waals surface area contributed by atoms with Crippen molar-refractivity contribution in [3.05, 3.63) is 76.9 Å². The SMILES string of the molecule is CCNC(=O)c1ccc(Oc2ccc(NS(=O)(=O)c3ccc(Br)cc3)cc2)nc1. The van der Waals surface area contributed by atoms with Crippen LogP contribution in [0.5, 0.6) is 11.6 Å². The first-order chi connectivity index (χ1) is 13.9. The third-order valence-corrected chi connectivity index (χ3v) is 5.71. The van der Waals surface area contributed by atoms with Crippen LogP contribution in [0.1, 0.15) is 17.3 Å². The van der Waals surface area contributed by atoms with E-state index in [0.717, 1.165) is 4.47 Å². The van der Waals surface area contributed by atoms with Gasteiger partial charge in [-0.05, 0) is 61.5 Å². The third-order valence-electron chi connectivity index (χ3n) is 3.79. The lowest BCUT2D eigenvalue weighted by Gasteiger charge is -2.10. The molecule has 0 aliphatic heterocycles. The number of benzene rings is 2. The van der Waals surface area contributed by atoms with Crippen LogP contribution in [0.2, 0.25) is 0 Å². The molecule has 0 aliphatic carbocycles. The number of nitrogens with one attached hydrogen (secondary N) is 2. The van der Waals surface area contributed by atoms with Crippen LogP contribution in [-0.4, -0.2) is 25.9 Å².